The largest absolute Gasteiger partial charge is 0.478 e. The molecule has 0 spiro atoms. The van der Waals surface area contributed by atoms with Crippen molar-refractivity contribution in [2.75, 3.05) is 0 Å². The van der Waals surface area contributed by atoms with Gasteiger partial charge in [-0.15, -0.1) is 0 Å². The predicted octanol–water partition coefficient (Wildman–Crippen LogP) is 2.09. The van der Waals surface area contributed by atoms with E-state index in [1.165, 1.54) is 12.1 Å². The summed E-state index contributed by atoms with van der Waals surface area (Å²) in [7, 11) is 0. The second-order valence-corrected chi connectivity index (χ2v) is 2.46. The van der Waals surface area contributed by atoms with Crippen molar-refractivity contribution in [1.82, 2.24) is 0 Å². The average Bonchev–Trinajstić information content (AvgIpc) is 2.04. The molecule has 0 radical (unpaired) electrons. The molecule has 1 rings (SSSR count). The Morgan fingerprint density at radius 1 is 1.58 bits per heavy atom. The van der Waals surface area contributed by atoms with Crippen LogP contribution in [0.3, 0.4) is 0 Å². The Hall–Kier alpha value is -1.38. The molecule has 0 saturated carbocycles. The maximum Gasteiger partial charge on any atom is 0.336 e. The molecule has 0 saturated heterocycles. The van der Waals surface area contributed by atoms with E-state index in [1.807, 2.05) is 6.92 Å². The summed E-state index contributed by atoms with van der Waals surface area (Å²) in [6.45, 7) is 1.83. The van der Waals surface area contributed by atoms with Crippen LogP contribution in [0.15, 0.2) is 18.2 Å². The lowest BCUT2D eigenvalue weighted by Crippen LogP contribution is -2.02. The summed E-state index contributed by atoms with van der Waals surface area (Å²) in [4.78, 5) is 10.6. The first-order valence-electron chi connectivity index (χ1n) is 3.67. The number of halogens is 1. The van der Waals surface area contributed by atoms with Gasteiger partial charge in [-0.1, -0.05) is 13.0 Å². The Balaban J connectivity index is 3.21. The molecule has 0 amide bonds. The van der Waals surface area contributed by atoms with Gasteiger partial charge in [-0.2, -0.15) is 0 Å². The van der Waals surface area contributed by atoms with Crippen LogP contribution in [0.25, 0.3) is 0 Å². The van der Waals surface area contributed by atoms with E-state index in [0.29, 0.717) is 12.0 Å². The highest BCUT2D eigenvalue weighted by Crippen LogP contribution is 2.11. The van der Waals surface area contributed by atoms with Gasteiger partial charge >= 0.3 is 5.97 Å². The zero-order chi connectivity index (χ0) is 9.14. The molecule has 3 heteroatoms. The number of carboxylic acid groups (broad SMARTS) is 1. The highest BCUT2D eigenvalue weighted by molar-refractivity contribution is 5.89. The van der Waals surface area contributed by atoms with E-state index < -0.39 is 11.8 Å². The standard InChI is InChI=1S/C9H9FO2/c1-2-6-3-4-7(10)5-8(6)9(11)12/h3-5H,2H2,1H3,(H,11,12). The normalized spacial score (nSPS) is 9.83. The van der Waals surface area contributed by atoms with Gasteiger partial charge in [0.05, 0.1) is 5.56 Å². The molecule has 64 valence electrons. The predicted molar refractivity (Wildman–Crippen MR) is 42.7 cm³/mol. The Morgan fingerprint density at radius 2 is 2.25 bits per heavy atom. The summed E-state index contributed by atoms with van der Waals surface area (Å²) in [6, 6.07) is 3.81. The van der Waals surface area contributed by atoms with Crippen LogP contribution in [0.2, 0.25) is 0 Å². The molecule has 0 aliphatic carbocycles. The number of aryl methyl sites for hydroxylation is 1. The Kier molecular flexibility index (Phi) is 2.43. The third-order valence-corrected chi connectivity index (χ3v) is 1.68. The zero-order valence-electron chi connectivity index (χ0n) is 6.67. The third kappa shape index (κ3) is 1.61. The highest BCUT2D eigenvalue weighted by Gasteiger charge is 2.08. The second-order valence-electron chi connectivity index (χ2n) is 2.46. The molecule has 0 aliphatic rings. The van der Waals surface area contributed by atoms with Crippen molar-refractivity contribution >= 4 is 5.97 Å². The van der Waals surface area contributed by atoms with E-state index in [4.69, 9.17) is 5.11 Å². The zero-order valence-corrected chi connectivity index (χ0v) is 6.67. The number of rotatable bonds is 2. The molecule has 0 bridgehead atoms. The fourth-order valence-electron chi connectivity index (χ4n) is 1.06. The fourth-order valence-corrected chi connectivity index (χ4v) is 1.06. The molecular weight excluding hydrogens is 159 g/mol. The SMILES string of the molecule is CCc1ccc(F)cc1C(=O)O. The number of carbonyl (C=O) groups is 1. The van der Waals surface area contributed by atoms with E-state index in [2.05, 4.69) is 0 Å². The van der Waals surface area contributed by atoms with Crippen molar-refractivity contribution in [2.45, 2.75) is 13.3 Å². The number of hydrogen-bond acceptors (Lipinski definition) is 1. The number of aromatic carboxylic acids is 1. The average molecular weight is 168 g/mol. The van der Waals surface area contributed by atoms with Crippen LogP contribution in [0.5, 0.6) is 0 Å². The first-order chi connectivity index (χ1) is 5.65. The summed E-state index contributed by atoms with van der Waals surface area (Å²) in [5, 5.41) is 8.65. The van der Waals surface area contributed by atoms with Gasteiger partial charge in [0.1, 0.15) is 5.82 Å². The van der Waals surface area contributed by atoms with E-state index in [9.17, 15) is 9.18 Å². The van der Waals surface area contributed by atoms with Crippen molar-refractivity contribution in [1.29, 1.82) is 0 Å². The van der Waals surface area contributed by atoms with E-state index in [0.717, 1.165) is 6.07 Å². The molecule has 1 aromatic carbocycles. The van der Waals surface area contributed by atoms with Gasteiger partial charge in [0.2, 0.25) is 0 Å². The van der Waals surface area contributed by atoms with Gasteiger partial charge in [0.15, 0.2) is 0 Å². The Morgan fingerprint density at radius 3 is 2.75 bits per heavy atom. The molecule has 0 atom stereocenters. The summed E-state index contributed by atoms with van der Waals surface area (Å²) >= 11 is 0. The highest BCUT2D eigenvalue weighted by atomic mass is 19.1. The van der Waals surface area contributed by atoms with Gasteiger partial charge in [0.25, 0.3) is 0 Å². The van der Waals surface area contributed by atoms with Gasteiger partial charge in [0, 0.05) is 0 Å². The Bertz CT molecular complexity index is 307. The van der Waals surface area contributed by atoms with E-state index in [1.54, 1.807) is 0 Å². The van der Waals surface area contributed by atoms with Crippen LogP contribution in [0, 0.1) is 5.82 Å². The van der Waals surface area contributed by atoms with Crippen molar-refractivity contribution in [3.63, 3.8) is 0 Å². The maximum absolute atomic E-state index is 12.6. The molecule has 1 N–H and O–H groups in total. The lowest BCUT2D eigenvalue weighted by atomic mass is 10.1. The minimum Gasteiger partial charge on any atom is -0.478 e. The summed E-state index contributed by atoms with van der Waals surface area (Å²) in [6.07, 6.45) is 0.599. The van der Waals surface area contributed by atoms with Crippen LogP contribution >= 0.6 is 0 Å². The van der Waals surface area contributed by atoms with Gasteiger partial charge < -0.3 is 5.11 Å². The summed E-state index contributed by atoms with van der Waals surface area (Å²) < 4.78 is 12.6. The molecule has 0 fully saturated rings. The molecule has 0 aliphatic heterocycles. The van der Waals surface area contributed by atoms with Gasteiger partial charge in [-0.25, -0.2) is 9.18 Å². The molecule has 0 unspecified atom stereocenters. The molecule has 1 aromatic rings. The molecule has 2 nitrogen and oxygen atoms in total. The van der Waals surface area contributed by atoms with Gasteiger partial charge in [-0.3, -0.25) is 0 Å². The van der Waals surface area contributed by atoms with Crippen LogP contribution in [0.4, 0.5) is 4.39 Å². The molecule has 12 heavy (non-hydrogen) atoms. The monoisotopic (exact) mass is 168 g/mol. The van der Waals surface area contributed by atoms with Crippen LogP contribution in [-0.2, 0) is 6.42 Å². The van der Waals surface area contributed by atoms with E-state index >= 15 is 0 Å². The smallest absolute Gasteiger partial charge is 0.336 e. The lowest BCUT2D eigenvalue weighted by molar-refractivity contribution is 0.0695. The van der Waals surface area contributed by atoms with Crippen molar-refractivity contribution in [3.05, 3.63) is 35.1 Å². The number of carboxylic acids is 1. The summed E-state index contributed by atoms with van der Waals surface area (Å²) in [5.41, 5.74) is 0.710. The summed E-state index contributed by atoms with van der Waals surface area (Å²) in [5.74, 6) is -1.59. The topological polar surface area (TPSA) is 37.3 Å². The van der Waals surface area contributed by atoms with E-state index in [-0.39, 0.29) is 5.56 Å². The first-order valence-corrected chi connectivity index (χ1v) is 3.67. The van der Waals surface area contributed by atoms with Crippen LogP contribution < -0.4 is 0 Å². The van der Waals surface area contributed by atoms with Crippen molar-refractivity contribution in [2.24, 2.45) is 0 Å². The fraction of sp³-hybridized carbons (Fsp3) is 0.222. The first kappa shape index (κ1) is 8.71. The van der Waals surface area contributed by atoms with Gasteiger partial charge in [-0.05, 0) is 24.1 Å². The van der Waals surface area contributed by atoms with Crippen molar-refractivity contribution < 1.29 is 14.3 Å². The van der Waals surface area contributed by atoms with Crippen molar-refractivity contribution in [3.8, 4) is 0 Å². The molecule has 0 heterocycles. The van der Waals surface area contributed by atoms with Crippen LogP contribution in [-0.4, -0.2) is 11.1 Å². The van der Waals surface area contributed by atoms with Crippen LogP contribution in [0.1, 0.15) is 22.8 Å². The third-order valence-electron chi connectivity index (χ3n) is 1.68. The minimum absolute atomic E-state index is 0.0532. The lowest BCUT2D eigenvalue weighted by Gasteiger charge is -2.01. The number of benzene rings is 1. The molecular formula is C9H9FO2. The number of hydrogen-bond donors (Lipinski definition) is 1. The minimum atomic E-state index is -1.08. The second kappa shape index (κ2) is 3.34. The maximum atomic E-state index is 12.6. The molecule has 0 aromatic heterocycles. The Labute approximate surface area is 69.6 Å². The quantitative estimate of drug-likeness (QED) is 0.734.